The largest absolute Gasteiger partial charge is 0.493 e. The first kappa shape index (κ1) is 56.3. The SMILES string of the molecule is CCOc1cccc(OCCOCCOCCOc2cccc(OCC)c2C(=O)c2ccc3c(c2)c2cc(C(N=O)c4ccccc4C)ccc2n3CC)c1C(=O)c1ccc2c(c1)c1cc(C(N=O)c3ccccc3C)ccc1n2CC. The molecule has 0 aliphatic heterocycles. The molecule has 0 amide bonds. The monoisotopic (exact) mass is 1100 g/mol. The van der Waals surface area contributed by atoms with Gasteiger partial charge in [-0.3, -0.25) is 9.59 Å². The quantitative estimate of drug-likeness (QED) is 0.0276. The zero-order valence-electron chi connectivity index (χ0n) is 47.1. The Kier molecular flexibility index (Phi) is 17.6. The van der Waals surface area contributed by atoms with Gasteiger partial charge in [0.25, 0.3) is 0 Å². The van der Waals surface area contributed by atoms with Crippen molar-refractivity contribution in [2.75, 3.05) is 52.9 Å². The molecular weight excluding hydrogens is 1030 g/mol. The number of ether oxygens (including phenoxy) is 6. The molecule has 2 heterocycles. The van der Waals surface area contributed by atoms with Gasteiger partial charge < -0.3 is 37.6 Å². The Morgan fingerprint density at radius 1 is 0.415 bits per heavy atom. The molecule has 0 N–H and O–H groups in total. The number of rotatable bonds is 27. The molecule has 0 aliphatic rings. The second kappa shape index (κ2) is 25.6. The van der Waals surface area contributed by atoms with Gasteiger partial charge >= 0.3 is 0 Å². The Morgan fingerprint density at radius 3 is 1.13 bits per heavy atom. The highest BCUT2D eigenvalue weighted by Crippen LogP contribution is 2.40. The summed E-state index contributed by atoms with van der Waals surface area (Å²) in [5.74, 6) is 1.05. The summed E-state index contributed by atoms with van der Waals surface area (Å²) in [7, 11) is 0. The number of hydrogen-bond acceptors (Lipinski definition) is 12. The van der Waals surface area contributed by atoms with Crippen LogP contribution in [-0.4, -0.2) is 73.6 Å². The lowest BCUT2D eigenvalue weighted by atomic mass is 9.94. The minimum atomic E-state index is -0.684. The summed E-state index contributed by atoms with van der Waals surface area (Å²) in [6.07, 6.45) is 0. The van der Waals surface area contributed by atoms with E-state index < -0.39 is 12.1 Å². The number of carbonyl (C=O) groups excluding carboxylic acids is 2. The molecule has 8 aromatic carbocycles. The van der Waals surface area contributed by atoms with Crippen molar-refractivity contribution in [2.24, 2.45) is 10.4 Å². The van der Waals surface area contributed by atoms with Crippen LogP contribution in [0.25, 0.3) is 43.6 Å². The van der Waals surface area contributed by atoms with Crippen LogP contribution in [0.3, 0.4) is 0 Å². The zero-order valence-corrected chi connectivity index (χ0v) is 47.1. The number of aromatic nitrogens is 2. The Balaban J connectivity index is 0.772. The van der Waals surface area contributed by atoms with Crippen molar-refractivity contribution in [2.45, 2.75) is 66.7 Å². The summed E-state index contributed by atoms with van der Waals surface area (Å²) in [5.41, 5.74) is 10.7. The van der Waals surface area contributed by atoms with Gasteiger partial charge in [-0.05, 0) is 160 Å². The van der Waals surface area contributed by atoms with E-state index in [0.717, 1.165) is 77.0 Å². The molecule has 10 rings (SSSR count). The first-order chi connectivity index (χ1) is 40.1. The molecule has 14 nitrogen and oxygen atoms in total. The van der Waals surface area contributed by atoms with Crippen LogP contribution in [0.5, 0.6) is 23.0 Å². The first-order valence-electron chi connectivity index (χ1n) is 28.0. The average molecular weight is 1100 g/mol. The minimum Gasteiger partial charge on any atom is -0.493 e. The maximum absolute atomic E-state index is 14.6. The minimum absolute atomic E-state index is 0.158. The van der Waals surface area contributed by atoms with Gasteiger partial charge in [0, 0.05) is 67.8 Å². The van der Waals surface area contributed by atoms with Crippen LogP contribution in [0.2, 0.25) is 0 Å². The predicted octanol–water partition coefficient (Wildman–Crippen LogP) is 15.0. The van der Waals surface area contributed by atoms with Crippen molar-refractivity contribution < 1.29 is 38.0 Å². The average Bonchev–Trinajstić information content (AvgIpc) is 4.23. The van der Waals surface area contributed by atoms with Crippen LogP contribution in [0.1, 0.15) is 105 Å². The van der Waals surface area contributed by atoms with Crippen molar-refractivity contribution in [3.05, 3.63) is 223 Å². The van der Waals surface area contributed by atoms with Crippen molar-refractivity contribution in [3.8, 4) is 23.0 Å². The van der Waals surface area contributed by atoms with E-state index >= 15 is 0 Å². The molecule has 0 saturated heterocycles. The number of nitroso groups, excluding NO2 is 2. The number of carbonyl (C=O) groups is 2. The lowest BCUT2D eigenvalue weighted by molar-refractivity contribution is 0.0271. The van der Waals surface area contributed by atoms with E-state index in [1.165, 1.54) is 0 Å². The van der Waals surface area contributed by atoms with Crippen LogP contribution in [-0.2, 0) is 22.6 Å². The van der Waals surface area contributed by atoms with E-state index in [0.29, 0.717) is 71.6 Å². The first-order valence-corrected chi connectivity index (χ1v) is 28.0. The van der Waals surface area contributed by atoms with Crippen molar-refractivity contribution in [1.82, 2.24) is 9.13 Å². The van der Waals surface area contributed by atoms with Crippen LogP contribution in [0.4, 0.5) is 0 Å². The third kappa shape index (κ3) is 11.2. The summed E-state index contributed by atoms with van der Waals surface area (Å²) in [4.78, 5) is 54.0. The third-order valence-corrected chi connectivity index (χ3v) is 15.1. The molecule has 2 unspecified atom stereocenters. The second-order valence-electron chi connectivity index (χ2n) is 19.9. The van der Waals surface area contributed by atoms with Gasteiger partial charge in [0.15, 0.2) is 0 Å². The Bertz CT molecular complexity index is 3730. The van der Waals surface area contributed by atoms with E-state index in [1.54, 1.807) is 36.4 Å². The molecule has 0 radical (unpaired) electrons. The number of ketones is 2. The lowest BCUT2D eigenvalue weighted by Crippen LogP contribution is -2.15. The van der Waals surface area contributed by atoms with Crippen molar-refractivity contribution >= 4 is 55.2 Å². The number of aryl methyl sites for hydroxylation is 4. The summed E-state index contributed by atoms with van der Waals surface area (Å²) in [6.45, 7) is 15.3. The van der Waals surface area contributed by atoms with Crippen molar-refractivity contribution in [3.63, 3.8) is 0 Å². The lowest BCUT2D eigenvalue weighted by Gasteiger charge is -2.16. The van der Waals surface area contributed by atoms with E-state index in [-0.39, 0.29) is 51.2 Å². The van der Waals surface area contributed by atoms with E-state index in [1.807, 2.05) is 149 Å². The fraction of sp³-hybridized carbons (Fsp3) is 0.265. The van der Waals surface area contributed by atoms with Gasteiger partial charge in [-0.2, -0.15) is 0 Å². The highest BCUT2D eigenvalue weighted by Gasteiger charge is 2.26. The van der Waals surface area contributed by atoms with Gasteiger partial charge in [-0.25, -0.2) is 0 Å². The Labute approximate surface area is 476 Å². The van der Waals surface area contributed by atoms with Gasteiger partial charge in [-0.15, -0.1) is 9.81 Å². The summed E-state index contributed by atoms with van der Waals surface area (Å²) < 4.78 is 40.7. The van der Waals surface area contributed by atoms with Crippen LogP contribution >= 0.6 is 0 Å². The number of hydrogen-bond donors (Lipinski definition) is 0. The molecule has 2 aromatic heterocycles. The van der Waals surface area contributed by atoms with Gasteiger partial charge in [0.2, 0.25) is 11.6 Å². The third-order valence-electron chi connectivity index (χ3n) is 15.1. The number of fused-ring (bicyclic) bond motifs is 6. The highest BCUT2D eigenvalue weighted by atomic mass is 16.6. The molecule has 14 heteroatoms. The molecule has 0 bridgehead atoms. The number of benzene rings is 8. The van der Waals surface area contributed by atoms with Crippen LogP contribution in [0, 0.1) is 23.7 Å². The summed E-state index contributed by atoms with van der Waals surface area (Å²) in [6, 6.07) is 48.3. The smallest absolute Gasteiger partial charge is 0.200 e. The fourth-order valence-corrected chi connectivity index (χ4v) is 11.2. The molecular formula is C68H66N4O10. The summed E-state index contributed by atoms with van der Waals surface area (Å²) in [5, 5.41) is 10.7. The second-order valence-corrected chi connectivity index (χ2v) is 19.9. The molecule has 0 spiro atoms. The fourth-order valence-electron chi connectivity index (χ4n) is 11.2. The van der Waals surface area contributed by atoms with Crippen LogP contribution < -0.4 is 18.9 Å². The molecule has 0 saturated carbocycles. The molecule has 2 atom stereocenters. The standard InChI is InChI=1S/C68H66N4O10/c1-7-71-55-29-25-45(65(69-75)49-19-13-11-17-43(49)5)39-51(55)53-41-47(27-31-57(53)71)67(73)63-59(79-9-3)21-15-23-61(63)81-37-35-77-33-34-78-36-38-82-62-24-16-22-60(80-10-4)64(62)68(74)48-28-32-58-54(42-48)52-40-46(26-30-56(52)72(58)8-2)66(70-76)50-20-14-12-18-44(50)6/h11-32,39-42,65-66H,7-10,33-38H2,1-6H3. The van der Waals surface area contributed by atoms with Gasteiger partial charge in [0.1, 0.15) is 59.4 Å². The molecule has 10 aromatic rings. The van der Waals surface area contributed by atoms with E-state index in [2.05, 4.69) is 33.3 Å². The van der Waals surface area contributed by atoms with Gasteiger partial charge in [0.05, 0.1) is 39.6 Å². The van der Waals surface area contributed by atoms with Crippen molar-refractivity contribution in [1.29, 1.82) is 0 Å². The molecule has 0 fully saturated rings. The van der Waals surface area contributed by atoms with E-state index in [9.17, 15) is 19.4 Å². The maximum atomic E-state index is 14.6. The maximum Gasteiger partial charge on any atom is 0.200 e. The Morgan fingerprint density at radius 2 is 0.768 bits per heavy atom. The molecule has 418 valence electrons. The van der Waals surface area contributed by atoms with Gasteiger partial charge in [-0.1, -0.05) is 83.2 Å². The molecule has 0 aliphatic carbocycles. The zero-order chi connectivity index (χ0) is 57.3. The molecule has 82 heavy (non-hydrogen) atoms. The normalized spacial score (nSPS) is 12.2. The van der Waals surface area contributed by atoms with Crippen LogP contribution in [0.15, 0.2) is 168 Å². The van der Waals surface area contributed by atoms with E-state index in [4.69, 9.17) is 28.4 Å². The highest BCUT2D eigenvalue weighted by molar-refractivity contribution is 6.18. The Hall–Kier alpha value is -8.98. The summed E-state index contributed by atoms with van der Waals surface area (Å²) >= 11 is 0. The topological polar surface area (TPSA) is 158 Å². The predicted molar refractivity (Wildman–Crippen MR) is 323 cm³/mol. The number of nitrogens with zero attached hydrogens (tertiary/aromatic N) is 4.